The summed E-state index contributed by atoms with van der Waals surface area (Å²) < 4.78 is 0. The van der Waals surface area contributed by atoms with E-state index in [1.54, 1.807) is 0 Å². The number of hydrogen-bond donors (Lipinski definition) is 0. The number of hydrogen-bond acceptors (Lipinski definition) is 0. The Morgan fingerprint density at radius 1 is 0.500 bits per heavy atom. The van der Waals surface area contributed by atoms with Crippen molar-refractivity contribution in [3.05, 3.63) is 22.1 Å². The van der Waals surface area contributed by atoms with Crippen molar-refractivity contribution in [3.8, 4) is 0 Å². The standard InChI is InChI=1S/2C2H2Cl2/c2*3-1-2-4/h2*1-2H/b2*2-1+. The van der Waals surface area contributed by atoms with E-state index in [1.165, 1.54) is 22.1 Å². The van der Waals surface area contributed by atoms with E-state index in [0.717, 1.165) is 0 Å². The molecule has 0 aromatic carbocycles. The minimum Gasteiger partial charge on any atom is -0.0920 e. The zero-order chi connectivity index (χ0) is 6.83. The fourth-order valence-electron chi connectivity index (χ4n) is 0. The molecule has 0 aliphatic heterocycles. The summed E-state index contributed by atoms with van der Waals surface area (Å²) in [6.45, 7) is 0. The van der Waals surface area contributed by atoms with Crippen molar-refractivity contribution >= 4 is 46.4 Å². The third kappa shape index (κ3) is 30.3. The average Bonchev–Trinajstić information content (AvgIpc) is 1.88. The second-order valence-electron chi connectivity index (χ2n) is 0.504. The fourth-order valence-corrected chi connectivity index (χ4v) is 0. The summed E-state index contributed by atoms with van der Waals surface area (Å²) >= 11 is 19.5. The van der Waals surface area contributed by atoms with Gasteiger partial charge < -0.3 is 0 Å². The van der Waals surface area contributed by atoms with Crippen LogP contribution in [0.1, 0.15) is 0 Å². The molecule has 0 spiro atoms. The van der Waals surface area contributed by atoms with Gasteiger partial charge in [-0.05, 0) is 0 Å². The third-order valence-corrected chi connectivity index (χ3v) is 0.857. The molecule has 0 nitrogen and oxygen atoms in total. The van der Waals surface area contributed by atoms with Crippen LogP contribution in [0.2, 0.25) is 0 Å². The number of halogens is 4. The summed E-state index contributed by atoms with van der Waals surface area (Å²) in [6, 6.07) is 0. The van der Waals surface area contributed by atoms with E-state index in [9.17, 15) is 0 Å². The van der Waals surface area contributed by atoms with Gasteiger partial charge in [0.05, 0.1) is 0 Å². The van der Waals surface area contributed by atoms with Crippen LogP contribution in [0.3, 0.4) is 0 Å². The molecule has 0 saturated carbocycles. The van der Waals surface area contributed by atoms with E-state index in [1.807, 2.05) is 0 Å². The monoisotopic (exact) mass is 192 g/mol. The van der Waals surface area contributed by atoms with Gasteiger partial charge in [0.25, 0.3) is 0 Å². The quantitative estimate of drug-likeness (QED) is 0.548. The molecular weight excluding hydrogens is 190 g/mol. The summed E-state index contributed by atoms with van der Waals surface area (Å²) in [7, 11) is 0. The second kappa shape index (κ2) is 15.6. The van der Waals surface area contributed by atoms with Crippen LogP contribution in [0.4, 0.5) is 0 Å². The minimum absolute atomic E-state index is 1.24. The van der Waals surface area contributed by atoms with E-state index in [4.69, 9.17) is 46.4 Å². The molecule has 0 bridgehead atoms. The van der Waals surface area contributed by atoms with Crippen LogP contribution in [-0.4, -0.2) is 0 Å². The Balaban J connectivity index is 0. The van der Waals surface area contributed by atoms with Crippen LogP contribution < -0.4 is 0 Å². The molecular formula is C4H4Cl4. The first-order valence-electron chi connectivity index (χ1n) is 1.54. The van der Waals surface area contributed by atoms with Gasteiger partial charge in [0.15, 0.2) is 0 Å². The maximum absolute atomic E-state index is 4.87. The SMILES string of the molecule is Cl/C=C/Cl.Cl/C=C/Cl. The van der Waals surface area contributed by atoms with Gasteiger partial charge in [-0.15, -0.1) is 0 Å². The Hall–Kier alpha value is 0.640. The van der Waals surface area contributed by atoms with Crippen molar-refractivity contribution in [2.45, 2.75) is 0 Å². The zero-order valence-corrected chi connectivity index (χ0v) is 6.84. The van der Waals surface area contributed by atoms with Gasteiger partial charge in [0.1, 0.15) is 0 Å². The summed E-state index contributed by atoms with van der Waals surface area (Å²) in [5.74, 6) is 0. The van der Waals surface area contributed by atoms with Gasteiger partial charge in [0.2, 0.25) is 0 Å². The van der Waals surface area contributed by atoms with Crippen molar-refractivity contribution in [3.63, 3.8) is 0 Å². The molecule has 0 atom stereocenters. The summed E-state index contributed by atoms with van der Waals surface area (Å²) in [5, 5.41) is 0. The highest BCUT2D eigenvalue weighted by molar-refractivity contribution is 6.33. The molecule has 8 heavy (non-hydrogen) atoms. The first-order valence-corrected chi connectivity index (χ1v) is 3.29. The molecule has 0 rings (SSSR count). The molecule has 0 unspecified atom stereocenters. The lowest BCUT2D eigenvalue weighted by molar-refractivity contribution is 2.51. The minimum atomic E-state index is 1.24. The first-order chi connectivity index (χ1) is 3.83. The lowest BCUT2D eigenvalue weighted by atomic mass is 11.3. The zero-order valence-electron chi connectivity index (χ0n) is 3.82. The second-order valence-corrected chi connectivity index (χ2v) is 1.51. The molecule has 0 aromatic rings. The van der Waals surface area contributed by atoms with Crippen LogP contribution in [-0.2, 0) is 0 Å². The van der Waals surface area contributed by atoms with E-state index in [2.05, 4.69) is 0 Å². The van der Waals surface area contributed by atoms with Crippen molar-refractivity contribution in [2.75, 3.05) is 0 Å². The number of rotatable bonds is 0. The maximum Gasteiger partial charge on any atom is 0.0156 e. The highest BCUT2D eigenvalue weighted by Gasteiger charge is 1.40. The molecule has 0 fully saturated rings. The maximum atomic E-state index is 4.87. The van der Waals surface area contributed by atoms with Crippen LogP contribution in [0.5, 0.6) is 0 Å². The van der Waals surface area contributed by atoms with E-state index < -0.39 is 0 Å². The molecule has 0 aliphatic rings. The van der Waals surface area contributed by atoms with Gasteiger partial charge in [-0.2, -0.15) is 0 Å². The van der Waals surface area contributed by atoms with E-state index in [0.29, 0.717) is 0 Å². The van der Waals surface area contributed by atoms with Crippen molar-refractivity contribution in [2.24, 2.45) is 0 Å². The smallest absolute Gasteiger partial charge is 0.0156 e. The molecule has 0 aliphatic carbocycles. The summed E-state index contributed by atoms with van der Waals surface area (Å²) in [5.41, 5.74) is 4.95. The Morgan fingerprint density at radius 3 is 0.625 bits per heavy atom. The first kappa shape index (κ1) is 11.4. The summed E-state index contributed by atoms with van der Waals surface area (Å²) in [6.07, 6.45) is 0. The topological polar surface area (TPSA) is 0 Å². The molecule has 4 heteroatoms. The van der Waals surface area contributed by atoms with Crippen molar-refractivity contribution in [1.29, 1.82) is 0 Å². The molecule has 0 heterocycles. The van der Waals surface area contributed by atoms with E-state index in [-0.39, 0.29) is 0 Å². The van der Waals surface area contributed by atoms with E-state index >= 15 is 0 Å². The molecule has 0 radical (unpaired) electrons. The Labute approximate surface area is 68.7 Å². The normalized spacial score (nSPS) is 9.50. The van der Waals surface area contributed by atoms with Gasteiger partial charge in [-0.3, -0.25) is 0 Å². The lowest BCUT2D eigenvalue weighted by Gasteiger charge is -1.44. The Kier molecular flexibility index (Phi) is 22.4. The molecule has 0 N–H and O–H groups in total. The van der Waals surface area contributed by atoms with Crippen molar-refractivity contribution in [1.82, 2.24) is 0 Å². The van der Waals surface area contributed by atoms with Crippen LogP contribution in [0.25, 0.3) is 0 Å². The predicted molar refractivity (Wildman–Crippen MR) is 41.7 cm³/mol. The Morgan fingerprint density at radius 2 is 0.625 bits per heavy atom. The van der Waals surface area contributed by atoms with Gasteiger partial charge in [-0.1, -0.05) is 46.4 Å². The predicted octanol–water partition coefficient (Wildman–Crippen LogP) is 3.87. The highest BCUT2D eigenvalue weighted by Crippen LogP contribution is 1.79. The van der Waals surface area contributed by atoms with Gasteiger partial charge in [-0.25, -0.2) is 0 Å². The lowest BCUT2D eigenvalue weighted by Crippen LogP contribution is -1.11. The third-order valence-electron chi connectivity index (χ3n) is 0.0952. The molecule has 0 amide bonds. The largest absolute Gasteiger partial charge is 0.0920 e. The van der Waals surface area contributed by atoms with Crippen LogP contribution >= 0.6 is 46.4 Å². The average molecular weight is 194 g/mol. The van der Waals surface area contributed by atoms with Crippen LogP contribution in [0, 0.1) is 0 Å². The molecule has 48 valence electrons. The van der Waals surface area contributed by atoms with Crippen LogP contribution in [0.15, 0.2) is 22.1 Å². The molecule has 0 saturated heterocycles. The fraction of sp³-hybridized carbons (Fsp3) is 0. The highest BCUT2D eigenvalue weighted by atomic mass is 35.5. The van der Waals surface area contributed by atoms with Gasteiger partial charge >= 0.3 is 0 Å². The Bertz CT molecular complexity index is 48.4. The van der Waals surface area contributed by atoms with Gasteiger partial charge in [0, 0.05) is 22.1 Å². The van der Waals surface area contributed by atoms with Crippen molar-refractivity contribution < 1.29 is 0 Å². The molecule has 0 aromatic heterocycles. The summed E-state index contributed by atoms with van der Waals surface area (Å²) in [4.78, 5) is 0.